The van der Waals surface area contributed by atoms with E-state index in [0.29, 0.717) is 11.0 Å². The summed E-state index contributed by atoms with van der Waals surface area (Å²) >= 11 is 3.32. The zero-order chi connectivity index (χ0) is 9.90. The Bertz CT molecular complexity index is 282. The summed E-state index contributed by atoms with van der Waals surface area (Å²) in [6, 6.07) is 1.64. The average molecular weight is 246 g/mol. The van der Waals surface area contributed by atoms with Gasteiger partial charge in [-0.05, 0) is 19.9 Å². The number of rotatable bonds is 3. The molecule has 1 aromatic rings. The monoisotopic (exact) mass is 245 g/mol. The molecule has 0 aromatic carbocycles. The SMILES string of the molecule is CC(C)(CBr)NC(=O)c1ccn[nH]1. The Balaban J connectivity index is 2.61. The molecule has 13 heavy (non-hydrogen) atoms. The van der Waals surface area contributed by atoms with Crippen LogP contribution >= 0.6 is 15.9 Å². The highest BCUT2D eigenvalue weighted by atomic mass is 79.9. The van der Waals surface area contributed by atoms with E-state index < -0.39 is 0 Å². The van der Waals surface area contributed by atoms with Crippen molar-refractivity contribution >= 4 is 21.8 Å². The van der Waals surface area contributed by atoms with Crippen LogP contribution in [0.15, 0.2) is 12.3 Å². The third-order valence-corrected chi connectivity index (χ3v) is 2.93. The zero-order valence-electron chi connectivity index (χ0n) is 7.60. The molecule has 0 unspecified atom stereocenters. The van der Waals surface area contributed by atoms with Crippen molar-refractivity contribution in [1.29, 1.82) is 0 Å². The van der Waals surface area contributed by atoms with Crippen molar-refractivity contribution in [1.82, 2.24) is 15.5 Å². The van der Waals surface area contributed by atoms with E-state index in [0.717, 1.165) is 0 Å². The smallest absolute Gasteiger partial charge is 0.269 e. The van der Waals surface area contributed by atoms with E-state index in [1.54, 1.807) is 12.3 Å². The first kappa shape index (κ1) is 10.2. The molecular weight excluding hydrogens is 234 g/mol. The molecule has 1 aromatic heterocycles. The molecule has 0 spiro atoms. The summed E-state index contributed by atoms with van der Waals surface area (Å²) in [5, 5.41) is 9.87. The molecule has 5 heteroatoms. The number of hydrogen-bond acceptors (Lipinski definition) is 2. The van der Waals surface area contributed by atoms with Gasteiger partial charge in [-0.15, -0.1) is 0 Å². The van der Waals surface area contributed by atoms with Gasteiger partial charge in [-0.3, -0.25) is 9.89 Å². The summed E-state index contributed by atoms with van der Waals surface area (Å²) < 4.78 is 0. The van der Waals surface area contributed by atoms with Crippen molar-refractivity contribution in [3.05, 3.63) is 18.0 Å². The average Bonchev–Trinajstić information content (AvgIpc) is 2.55. The maximum absolute atomic E-state index is 11.5. The van der Waals surface area contributed by atoms with Crippen LogP contribution in [0.2, 0.25) is 0 Å². The molecule has 0 saturated carbocycles. The summed E-state index contributed by atoms with van der Waals surface area (Å²) in [6.45, 7) is 3.88. The standard InChI is InChI=1S/C8H12BrN3O/c1-8(2,5-9)11-7(13)6-3-4-10-12-6/h3-4H,5H2,1-2H3,(H,10,12)(H,11,13). The fraction of sp³-hybridized carbons (Fsp3) is 0.500. The van der Waals surface area contributed by atoms with Crippen molar-refractivity contribution in [3.8, 4) is 0 Å². The van der Waals surface area contributed by atoms with Crippen LogP contribution < -0.4 is 5.32 Å². The van der Waals surface area contributed by atoms with E-state index >= 15 is 0 Å². The van der Waals surface area contributed by atoms with E-state index in [4.69, 9.17) is 0 Å². The van der Waals surface area contributed by atoms with Crippen LogP contribution in [0.1, 0.15) is 24.3 Å². The molecule has 4 nitrogen and oxygen atoms in total. The number of H-pyrrole nitrogens is 1. The van der Waals surface area contributed by atoms with E-state index in [2.05, 4.69) is 31.4 Å². The lowest BCUT2D eigenvalue weighted by Gasteiger charge is -2.22. The van der Waals surface area contributed by atoms with Gasteiger partial charge < -0.3 is 5.32 Å². The minimum atomic E-state index is -0.248. The molecule has 0 radical (unpaired) electrons. The van der Waals surface area contributed by atoms with Gasteiger partial charge in [0.05, 0.1) is 0 Å². The summed E-state index contributed by atoms with van der Waals surface area (Å²) in [6.07, 6.45) is 1.55. The Labute approximate surface area is 85.2 Å². The molecule has 0 fully saturated rings. The Morgan fingerprint density at radius 1 is 1.77 bits per heavy atom. The van der Waals surface area contributed by atoms with Crippen LogP contribution in [0.4, 0.5) is 0 Å². The van der Waals surface area contributed by atoms with E-state index in [-0.39, 0.29) is 11.4 Å². The quantitative estimate of drug-likeness (QED) is 0.790. The predicted octanol–water partition coefficient (Wildman–Crippen LogP) is 1.31. The second-order valence-corrected chi connectivity index (χ2v) is 4.00. The van der Waals surface area contributed by atoms with Gasteiger partial charge in [-0.25, -0.2) is 0 Å². The van der Waals surface area contributed by atoms with Crippen molar-refractivity contribution in [2.24, 2.45) is 0 Å². The highest BCUT2D eigenvalue weighted by Gasteiger charge is 2.19. The van der Waals surface area contributed by atoms with Gasteiger partial charge in [0.1, 0.15) is 5.69 Å². The number of carbonyl (C=O) groups excluding carboxylic acids is 1. The second-order valence-electron chi connectivity index (χ2n) is 3.44. The normalized spacial score (nSPS) is 11.3. The minimum absolute atomic E-state index is 0.137. The maximum Gasteiger partial charge on any atom is 0.269 e. The van der Waals surface area contributed by atoms with Gasteiger partial charge in [0, 0.05) is 17.1 Å². The second kappa shape index (κ2) is 3.91. The molecule has 0 saturated heterocycles. The number of halogens is 1. The van der Waals surface area contributed by atoms with Crippen LogP contribution in [0.3, 0.4) is 0 Å². The van der Waals surface area contributed by atoms with Crippen LogP contribution in [0, 0.1) is 0 Å². The summed E-state index contributed by atoms with van der Waals surface area (Å²) in [4.78, 5) is 11.5. The largest absolute Gasteiger partial charge is 0.345 e. The number of carbonyl (C=O) groups is 1. The van der Waals surface area contributed by atoms with Crippen LogP contribution in [0.5, 0.6) is 0 Å². The maximum atomic E-state index is 11.5. The van der Waals surface area contributed by atoms with Gasteiger partial charge in [0.2, 0.25) is 0 Å². The number of amides is 1. The molecular formula is C8H12BrN3O. The molecule has 0 aliphatic rings. The Kier molecular flexibility index (Phi) is 3.08. The molecule has 1 rings (SSSR count). The van der Waals surface area contributed by atoms with Gasteiger partial charge in [0.25, 0.3) is 5.91 Å². The number of nitrogens with one attached hydrogen (secondary N) is 2. The summed E-state index contributed by atoms with van der Waals surface area (Å²) in [7, 11) is 0. The number of hydrogen-bond donors (Lipinski definition) is 2. The molecule has 0 aliphatic carbocycles. The van der Waals surface area contributed by atoms with Crippen LogP contribution in [-0.2, 0) is 0 Å². The third-order valence-electron chi connectivity index (χ3n) is 1.53. The van der Waals surface area contributed by atoms with E-state index in [1.165, 1.54) is 0 Å². The lowest BCUT2D eigenvalue weighted by molar-refractivity contribution is 0.0916. The van der Waals surface area contributed by atoms with Gasteiger partial charge >= 0.3 is 0 Å². The molecule has 0 bridgehead atoms. The van der Waals surface area contributed by atoms with Crippen LogP contribution in [-0.4, -0.2) is 27.0 Å². The van der Waals surface area contributed by atoms with Gasteiger partial charge in [-0.2, -0.15) is 5.10 Å². The first-order valence-corrected chi connectivity index (χ1v) is 5.05. The highest BCUT2D eigenvalue weighted by molar-refractivity contribution is 9.09. The molecule has 0 aliphatic heterocycles. The highest BCUT2D eigenvalue weighted by Crippen LogP contribution is 2.07. The summed E-state index contributed by atoms with van der Waals surface area (Å²) in [5.74, 6) is -0.137. The van der Waals surface area contributed by atoms with E-state index in [9.17, 15) is 4.79 Å². The number of aromatic nitrogens is 2. The van der Waals surface area contributed by atoms with Crippen molar-refractivity contribution in [2.75, 3.05) is 5.33 Å². The van der Waals surface area contributed by atoms with Gasteiger partial charge in [-0.1, -0.05) is 15.9 Å². The number of aromatic amines is 1. The lowest BCUT2D eigenvalue weighted by Crippen LogP contribution is -2.44. The minimum Gasteiger partial charge on any atom is -0.345 e. The molecule has 0 atom stereocenters. The Morgan fingerprint density at radius 3 is 2.92 bits per heavy atom. The van der Waals surface area contributed by atoms with Crippen molar-refractivity contribution in [3.63, 3.8) is 0 Å². The third kappa shape index (κ3) is 2.84. The van der Waals surface area contributed by atoms with Crippen molar-refractivity contribution in [2.45, 2.75) is 19.4 Å². The molecule has 72 valence electrons. The molecule has 1 heterocycles. The van der Waals surface area contributed by atoms with E-state index in [1.807, 2.05) is 13.8 Å². The predicted molar refractivity (Wildman–Crippen MR) is 53.9 cm³/mol. The van der Waals surface area contributed by atoms with Crippen molar-refractivity contribution < 1.29 is 4.79 Å². The fourth-order valence-corrected chi connectivity index (χ4v) is 0.931. The van der Waals surface area contributed by atoms with Gasteiger partial charge in [0.15, 0.2) is 0 Å². The lowest BCUT2D eigenvalue weighted by atomic mass is 10.1. The first-order valence-electron chi connectivity index (χ1n) is 3.93. The first-order chi connectivity index (χ1) is 6.05. The number of nitrogens with zero attached hydrogens (tertiary/aromatic N) is 1. The molecule has 1 amide bonds. The Morgan fingerprint density at radius 2 is 2.46 bits per heavy atom. The Hall–Kier alpha value is -0.840. The fourth-order valence-electron chi connectivity index (χ4n) is 0.790. The van der Waals surface area contributed by atoms with Crippen LogP contribution in [0.25, 0.3) is 0 Å². The number of alkyl halides is 1. The topological polar surface area (TPSA) is 57.8 Å². The molecule has 2 N–H and O–H groups in total. The summed E-state index contributed by atoms with van der Waals surface area (Å²) in [5.41, 5.74) is 0.233. The zero-order valence-corrected chi connectivity index (χ0v) is 9.18.